The van der Waals surface area contributed by atoms with Crippen LogP contribution < -0.4 is 5.09 Å². The molecule has 4 rings (SSSR count). The lowest BCUT2D eigenvalue weighted by Crippen LogP contribution is -2.61. The number of nitrogens with zero attached hydrogens (tertiary/aromatic N) is 1. The Balaban J connectivity index is 1.70. The van der Waals surface area contributed by atoms with Crippen LogP contribution in [0.2, 0.25) is 0 Å². The Morgan fingerprint density at radius 2 is 1.62 bits per heavy atom. The maximum Gasteiger partial charge on any atom is 0.329 e. The molecule has 0 aromatic rings. The molecule has 0 aromatic carbocycles. The molecule has 4 aliphatic rings. The van der Waals surface area contributed by atoms with Crippen LogP contribution in [0.1, 0.15) is 126 Å². The summed E-state index contributed by atoms with van der Waals surface area (Å²) in [6.45, 7) is 14.4. The van der Waals surface area contributed by atoms with Crippen LogP contribution in [0, 0.1) is 35.5 Å². The summed E-state index contributed by atoms with van der Waals surface area (Å²) in [5.74, 6) is -7.96. The Morgan fingerprint density at radius 3 is 2.28 bits per heavy atom. The summed E-state index contributed by atoms with van der Waals surface area (Å²) in [5.41, 5.74) is 1.26. The molecule has 3 N–H and O–H groups in total. The molecule has 1 saturated carbocycles. The lowest BCUT2D eigenvalue weighted by atomic mass is 9.78. The van der Waals surface area contributed by atoms with Crippen molar-refractivity contribution in [3.05, 3.63) is 47.6 Å². The van der Waals surface area contributed by atoms with E-state index in [0.29, 0.717) is 56.9 Å². The summed E-state index contributed by atoms with van der Waals surface area (Å²) >= 11 is 0. The summed E-state index contributed by atoms with van der Waals surface area (Å²) < 4.78 is 41.8. The second kappa shape index (κ2) is 26.9. The zero-order valence-electron chi connectivity index (χ0n) is 42.6. The van der Waals surface area contributed by atoms with Crippen molar-refractivity contribution in [2.24, 2.45) is 35.5 Å². The SMILES string of the molecule is CO[C@H]1C[C@@H]2CC[C@@H](C)[C@@](O)(O2)C(=O)C(=O)N2CCCC[C@H]2C(=O)O[C@H]([C@H](C)C[C@@H]2CCC(N[PH](C)=O)[C@H](OC)C2)CC(=O)[C@H](C)/C=C(\C)[C@@H](O)[C@@H](OC)C(=O)[C@H](C)C[C@H](C)/C=C/C=C/C=C/1C. The van der Waals surface area contributed by atoms with E-state index in [4.69, 9.17) is 23.7 Å². The fourth-order valence-corrected chi connectivity index (χ4v) is 11.4. The number of aliphatic hydroxyl groups is 2. The number of Topliss-reactive ketones (excluding diaryl/α,β-unsaturated/α-hetero) is 3. The van der Waals surface area contributed by atoms with Gasteiger partial charge in [-0.25, -0.2) is 4.79 Å². The highest BCUT2D eigenvalue weighted by molar-refractivity contribution is 7.41. The highest BCUT2D eigenvalue weighted by Crippen LogP contribution is 2.38. The van der Waals surface area contributed by atoms with Crippen LogP contribution >= 0.6 is 7.95 Å². The largest absolute Gasteiger partial charge is 0.460 e. The monoisotopic (exact) mass is 975 g/mol. The number of carbonyl (C=O) groups is 5. The quantitative estimate of drug-likeness (QED) is 0.0983. The molecule has 3 fully saturated rings. The number of carbonyl (C=O) groups excluding carboxylic acids is 5. The van der Waals surface area contributed by atoms with E-state index in [1.54, 1.807) is 47.7 Å². The van der Waals surface area contributed by atoms with E-state index in [-0.39, 0.29) is 60.9 Å². The molecule has 3 heterocycles. The summed E-state index contributed by atoms with van der Waals surface area (Å²) in [5, 5.41) is 26.6. The van der Waals surface area contributed by atoms with Gasteiger partial charge in [0.15, 0.2) is 5.78 Å². The molecule has 2 unspecified atom stereocenters. The maximum absolute atomic E-state index is 14.5. The predicted octanol–water partition coefficient (Wildman–Crippen LogP) is 6.88. The molecule has 3 aliphatic heterocycles. The van der Waals surface area contributed by atoms with E-state index < -0.39 is 85.7 Å². The Kier molecular flexibility index (Phi) is 22.7. The van der Waals surface area contributed by atoms with Gasteiger partial charge in [0, 0.05) is 64.5 Å². The van der Waals surface area contributed by atoms with Gasteiger partial charge >= 0.3 is 5.97 Å². The van der Waals surface area contributed by atoms with Crippen molar-refractivity contribution in [3.63, 3.8) is 0 Å². The second-order valence-electron chi connectivity index (χ2n) is 20.3. The van der Waals surface area contributed by atoms with Crippen LogP contribution in [0.3, 0.4) is 0 Å². The molecule has 2 bridgehead atoms. The lowest BCUT2D eigenvalue weighted by molar-refractivity contribution is -0.265. The molecule has 68 heavy (non-hydrogen) atoms. The topological polar surface area (TPSA) is 204 Å². The maximum atomic E-state index is 14.5. The number of ether oxygens (including phenoxy) is 5. The minimum absolute atomic E-state index is 0.0157. The van der Waals surface area contributed by atoms with Gasteiger partial charge in [0.1, 0.15) is 38.1 Å². The number of nitrogens with one attached hydrogen (secondary N) is 1. The van der Waals surface area contributed by atoms with Crippen LogP contribution in [0.4, 0.5) is 0 Å². The van der Waals surface area contributed by atoms with Crippen LogP contribution in [0.25, 0.3) is 0 Å². The van der Waals surface area contributed by atoms with E-state index in [1.165, 1.54) is 12.0 Å². The van der Waals surface area contributed by atoms with Crippen molar-refractivity contribution in [2.45, 2.75) is 180 Å². The number of allylic oxidation sites excluding steroid dienone is 6. The first-order valence-electron chi connectivity index (χ1n) is 24.9. The predicted molar refractivity (Wildman–Crippen MR) is 261 cm³/mol. The van der Waals surface area contributed by atoms with Gasteiger partial charge in [-0.15, -0.1) is 0 Å². The smallest absolute Gasteiger partial charge is 0.329 e. The van der Waals surface area contributed by atoms with Crippen molar-refractivity contribution in [1.29, 1.82) is 0 Å². The van der Waals surface area contributed by atoms with E-state index in [9.17, 15) is 38.8 Å². The molecule has 384 valence electrons. The molecular formula is C52H83N2O13P. The molecule has 0 radical (unpaired) electrons. The van der Waals surface area contributed by atoms with Crippen LogP contribution in [0.15, 0.2) is 47.6 Å². The van der Waals surface area contributed by atoms with Gasteiger partial charge in [-0.2, -0.15) is 0 Å². The Morgan fingerprint density at radius 1 is 0.897 bits per heavy atom. The van der Waals surface area contributed by atoms with Gasteiger partial charge in [-0.1, -0.05) is 71.1 Å². The summed E-state index contributed by atoms with van der Waals surface area (Å²) in [4.78, 5) is 72.1. The average molecular weight is 975 g/mol. The molecule has 1 amide bonds. The zero-order valence-corrected chi connectivity index (χ0v) is 43.6. The summed E-state index contributed by atoms with van der Waals surface area (Å²) in [6.07, 6.45) is 12.2. The highest BCUT2D eigenvalue weighted by Gasteiger charge is 2.53. The van der Waals surface area contributed by atoms with E-state index in [1.807, 2.05) is 58.1 Å². The van der Waals surface area contributed by atoms with Crippen molar-refractivity contribution < 1.29 is 62.4 Å². The van der Waals surface area contributed by atoms with Gasteiger partial charge < -0.3 is 43.4 Å². The zero-order chi connectivity index (χ0) is 50.5. The standard InChI is InChI=1S/C52H83N2O13P/c1-31-17-13-12-14-18-32(2)43(63-8)29-39-22-20-37(7)52(61,67-39)49(58)50(59)54-24-16-15-19-41(54)51(60)66-44(34(4)27-38-21-23-40(53-68(11)62)45(28-38)64-9)30-42(55)33(3)26-36(6)47(57)48(65-10)46(56)35(5)25-31/h12-14,17-18,26,31,33-35,37-41,43-45,47-48,57,61,68H,15-16,19-25,27-30H2,1-11H3,(H,53,62)/b14-12+,17-13+,32-18+,36-26+/t31-,33-,34-,35-,37-,38+,39+,40?,41+,43+,44+,45-,47-,48+,52-/m1/s1. The van der Waals surface area contributed by atoms with E-state index >= 15 is 0 Å². The molecule has 16 atom stereocenters. The Labute approximate surface area is 406 Å². The van der Waals surface area contributed by atoms with Crippen LogP contribution in [-0.2, 0) is 52.2 Å². The first-order chi connectivity index (χ1) is 32.1. The van der Waals surface area contributed by atoms with E-state index in [2.05, 4.69) is 5.09 Å². The number of methoxy groups -OCH3 is 3. The Bertz CT molecular complexity index is 1880. The molecule has 0 aromatic heterocycles. The molecule has 1 aliphatic carbocycles. The number of rotatable bonds is 8. The molecular weight excluding hydrogens is 892 g/mol. The molecule has 16 heteroatoms. The third-order valence-corrected chi connectivity index (χ3v) is 15.7. The van der Waals surface area contributed by atoms with Crippen molar-refractivity contribution >= 4 is 37.2 Å². The van der Waals surface area contributed by atoms with E-state index in [0.717, 1.165) is 18.4 Å². The normalized spacial score (nSPS) is 39.6. The fourth-order valence-electron chi connectivity index (χ4n) is 10.6. The second-order valence-corrected chi connectivity index (χ2v) is 21.7. The van der Waals surface area contributed by atoms with Gasteiger partial charge in [-0.05, 0) is 114 Å². The fraction of sp³-hybridized carbons (Fsp3) is 0.750. The van der Waals surface area contributed by atoms with Crippen molar-refractivity contribution in [1.82, 2.24) is 9.99 Å². The third kappa shape index (κ3) is 15.4. The number of aliphatic hydroxyl groups excluding tert-OH is 1. The first kappa shape index (κ1) is 57.4. The number of fused-ring (bicyclic) bond motifs is 3. The van der Waals surface area contributed by atoms with Crippen molar-refractivity contribution in [3.8, 4) is 0 Å². The number of ketones is 3. The van der Waals surface area contributed by atoms with Gasteiger partial charge in [-0.3, -0.25) is 24.3 Å². The number of piperidine rings is 1. The molecule has 0 spiro atoms. The molecule has 2 saturated heterocycles. The minimum atomic E-state index is -2.43. The minimum Gasteiger partial charge on any atom is -0.460 e. The Hall–Kier alpha value is -3.14. The average Bonchev–Trinajstić information content (AvgIpc) is 3.30. The summed E-state index contributed by atoms with van der Waals surface area (Å²) in [6, 6.07) is -1.21. The number of esters is 1. The number of amides is 1. The van der Waals surface area contributed by atoms with Gasteiger partial charge in [0.2, 0.25) is 5.79 Å². The summed E-state index contributed by atoms with van der Waals surface area (Å²) in [7, 11) is 2.64. The van der Waals surface area contributed by atoms with Crippen LogP contribution in [0.5, 0.6) is 0 Å². The molecule has 15 nitrogen and oxygen atoms in total. The number of hydrogen-bond donors (Lipinski definition) is 3. The first-order valence-corrected chi connectivity index (χ1v) is 26.8. The third-order valence-electron chi connectivity index (χ3n) is 14.9. The van der Waals surface area contributed by atoms with Gasteiger partial charge in [0.05, 0.1) is 18.3 Å². The highest BCUT2D eigenvalue weighted by atomic mass is 31.1. The van der Waals surface area contributed by atoms with Crippen LogP contribution in [-0.4, -0.2) is 133 Å². The number of cyclic esters (lactones) is 1. The lowest BCUT2D eigenvalue weighted by Gasteiger charge is -2.42. The van der Waals surface area contributed by atoms with Crippen molar-refractivity contribution in [2.75, 3.05) is 34.5 Å². The van der Waals surface area contributed by atoms with Gasteiger partial charge in [0.25, 0.3) is 11.7 Å². The number of hydrogen-bond acceptors (Lipinski definition) is 13.